The maximum Gasteiger partial charge on any atom is 0.262 e. The number of para-hydroxylation sites is 1. The van der Waals surface area contributed by atoms with E-state index in [1.54, 1.807) is 43.3 Å². The van der Waals surface area contributed by atoms with Crippen molar-refractivity contribution in [1.29, 1.82) is 0 Å². The molecule has 1 heterocycles. The molecule has 30 heavy (non-hydrogen) atoms. The Morgan fingerprint density at radius 3 is 2.53 bits per heavy atom. The summed E-state index contributed by atoms with van der Waals surface area (Å²) in [7, 11) is -3.39. The molecule has 1 unspecified atom stereocenters. The maximum atomic E-state index is 12.9. The molecule has 156 valence electrons. The summed E-state index contributed by atoms with van der Waals surface area (Å²) < 4.78 is 26.5. The molecule has 0 aliphatic heterocycles. The molecule has 1 N–H and O–H groups in total. The lowest BCUT2D eigenvalue weighted by Crippen LogP contribution is -2.24. The Kier molecular flexibility index (Phi) is 6.42. The molecule has 0 aliphatic rings. The molecule has 0 amide bonds. The summed E-state index contributed by atoms with van der Waals surface area (Å²) >= 11 is 1.20. The van der Waals surface area contributed by atoms with Crippen LogP contribution in [0.1, 0.15) is 17.3 Å². The van der Waals surface area contributed by atoms with Crippen molar-refractivity contribution in [3.63, 3.8) is 0 Å². The first-order valence-corrected chi connectivity index (χ1v) is 11.9. The van der Waals surface area contributed by atoms with Crippen LogP contribution in [-0.4, -0.2) is 35.3 Å². The fraction of sp³-hybridized carbons (Fsp3) is 0.190. The first kappa shape index (κ1) is 21.8. The van der Waals surface area contributed by atoms with Crippen LogP contribution in [0, 0.1) is 0 Å². The van der Waals surface area contributed by atoms with Crippen LogP contribution in [-0.2, 0) is 16.6 Å². The minimum atomic E-state index is -3.39. The predicted octanol–water partition coefficient (Wildman–Crippen LogP) is 3.32. The lowest BCUT2D eigenvalue weighted by atomic mass is 10.1. The number of fused-ring (bicyclic) bond motifs is 1. The summed E-state index contributed by atoms with van der Waals surface area (Å²) in [6, 6.07) is 13.3. The summed E-state index contributed by atoms with van der Waals surface area (Å²) in [4.78, 5) is 30.3. The SMILES string of the molecule is C=CCn1c(SC(C)C(=O)c2ccc(NS(C)(=O)=O)cc2)nc2ccccc2c1=O. The van der Waals surface area contributed by atoms with E-state index in [1.807, 2.05) is 6.07 Å². The number of nitrogens with one attached hydrogen (secondary N) is 1. The number of rotatable bonds is 8. The Balaban J connectivity index is 1.88. The van der Waals surface area contributed by atoms with Crippen LogP contribution in [0.3, 0.4) is 0 Å². The second-order valence-electron chi connectivity index (χ2n) is 6.69. The van der Waals surface area contributed by atoms with Gasteiger partial charge in [0.25, 0.3) is 5.56 Å². The Labute approximate surface area is 178 Å². The monoisotopic (exact) mass is 443 g/mol. The summed E-state index contributed by atoms with van der Waals surface area (Å²) in [5.74, 6) is -0.154. The maximum absolute atomic E-state index is 12.9. The average molecular weight is 444 g/mol. The van der Waals surface area contributed by atoms with Crippen LogP contribution < -0.4 is 10.3 Å². The third-order valence-electron chi connectivity index (χ3n) is 4.26. The van der Waals surface area contributed by atoms with Gasteiger partial charge in [-0.05, 0) is 43.3 Å². The molecule has 1 atom stereocenters. The normalized spacial score (nSPS) is 12.5. The molecule has 2 aromatic carbocycles. The van der Waals surface area contributed by atoms with Crippen molar-refractivity contribution in [2.45, 2.75) is 23.9 Å². The van der Waals surface area contributed by atoms with Crippen LogP contribution in [0.2, 0.25) is 0 Å². The van der Waals surface area contributed by atoms with E-state index < -0.39 is 15.3 Å². The van der Waals surface area contributed by atoms with Gasteiger partial charge in [0.05, 0.1) is 22.4 Å². The molecule has 0 saturated heterocycles. The number of aromatic nitrogens is 2. The highest BCUT2D eigenvalue weighted by molar-refractivity contribution is 8.00. The number of carbonyl (C=O) groups is 1. The minimum Gasteiger partial charge on any atom is -0.293 e. The number of allylic oxidation sites excluding steroid dienone is 1. The summed E-state index contributed by atoms with van der Waals surface area (Å²) in [5.41, 5.74) is 1.21. The number of ketones is 1. The number of carbonyl (C=O) groups excluding carboxylic acids is 1. The summed E-state index contributed by atoms with van der Waals surface area (Å²) in [6.45, 7) is 5.73. The number of hydrogen-bond acceptors (Lipinski definition) is 6. The zero-order valence-electron chi connectivity index (χ0n) is 16.5. The standard InChI is InChI=1S/C21H21N3O4S2/c1-4-13-24-20(26)17-7-5-6-8-18(17)22-21(24)29-14(2)19(25)15-9-11-16(12-10-15)23-30(3,27)28/h4-12,14,23H,1,13H2,2-3H3. The number of anilines is 1. The molecule has 0 radical (unpaired) electrons. The Morgan fingerprint density at radius 1 is 1.23 bits per heavy atom. The number of nitrogens with zero attached hydrogens (tertiary/aromatic N) is 2. The van der Waals surface area contributed by atoms with Gasteiger partial charge in [-0.25, -0.2) is 13.4 Å². The number of thioether (sulfide) groups is 1. The van der Waals surface area contributed by atoms with E-state index in [-0.39, 0.29) is 17.9 Å². The van der Waals surface area contributed by atoms with Crippen molar-refractivity contribution >= 4 is 44.2 Å². The second-order valence-corrected chi connectivity index (χ2v) is 9.75. The predicted molar refractivity (Wildman–Crippen MR) is 121 cm³/mol. The van der Waals surface area contributed by atoms with E-state index in [2.05, 4.69) is 16.3 Å². The van der Waals surface area contributed by atoms with Crippen LogP contribution in [0.5, 0.6) is 0 Å². The molecule has 9 heteroatoms. The van der Waals surface area contributed by atoms with Gasteiger partial charge in [0.2, 0.25) is 10.0 Å². The smallest absolute Gasteiger partial charge is 0.262 e. The highest BCUT2D eigenvalue weighted by atomic mass is 32.2. The quantitative estimate of drug-likeness (QED) is 0.248. The average Bonchev–Trinajstić information content (AvgIpc) is 2.70. The van der Waals surface area contributed by atoms with Crippen molar-refractivity contribution < 1.29 is 13.2 Å². The zero-order chi connectivity index (χ0) is 21.9. The van der Waals surface area contributed by atoms with Crippen LogP contribution >= 0.6 is 11.8 Å². The highest BCUT2D eigenvalue weighted by Crippen LogP contribution is 2.25. The third-order valence-corrected chi connectivity index (χ3v) is 5.96. The van der Waals surface area contributed by atoms with Crippen molar-refractivity contribution in [1.82, 2.24) is 9.55 Å². The Morgan fingerprint density at radius 2 is 1.90 bits per heavy atom. The topological polar surface area (TPSA) is 98.1 Å². The molecule has 3 aromatic rings. The lowest BCUT2D eigenvalue weighted by molar-refractivity contribution is 0.0994. The molecule has 0 bridgehead atoms. The fourth-order valence-electron chi connectivity index (χ4n) is 2.89. The van der Waals surface area contributed by atoms with Crippen molar-refractivity contribution in [3.05, 3.63) is 77.1 Å². The first-order valence-electron chi connectivity index (χ1n) is 9.09. The first-order chi connectivity index (χ1) is 14.2. The molecule has 0 saturated carbocycles. The number of sulfonamides is 1. The van der Waals surface area contributed by atoms with Gasteiger partial charge >= 0.3 is 0 Å². The van der Waals surface area contributed by atoms with E-state index in [0.717, 1.165) is 6.26 Å². The Bertz CT molecular complexity index is 1270. The number of Topliss-reactive ketones (excluding diaryl/α,β-unsaturated/α-hetero) is 1. The molecular weight excluding hydrogens is 422 g/mol. The third kappa shape index (κ3) is 4.98. The van der Waals surface area contributed by atoms with Gasteiger partial charge in [0.1, 0.15) is 0 Å². The number of benzene rings is 2. The zero-order valence-corrected chi connectivity index (χ0v) is 18.2. The summed E-state index contributed by atoms with van der Waals surface area (Å²) in [6.07, 6.45) is 2.67. The van der Waals surface area contributed by atoms with E-state index in [1.165, 1.54) is 28.5 Å². The lowest BCUT2D eigenvalue weighted by Gasteiger charge is -2.15. The second kappa shape index (κ2) is 8.85. The molecule has 1 aromatic heterocycles. The van der Waals surface area contributed by atoms with Crippen LogP contribution in [0.4, 0.5) is 5.69 Å². The van der Waals surface area contributed by atoms with Gasteiger partial charge in [0, 0.05) is 17.8 Å². The van der Waals surface area contributed by atoms with Gasteiger partial charge in [-0.15, -0.1) is 6.58 Å². The van der Waals surface area contributed by atoms with Crippen molar-refractivity contribution in [3.8, 4) is 0 Å². The van der Waals surface area contributed by atoms with E-state index in [4.69, 9.17) is 0 Å². The van der Waals surface area contributed by atoms with Gasteiger partial charge < -0.3 is 0 Å². The number of hydrogen-bond donors (Lipinski definition) is 1. The van der Waals surface area contributed by atoms with Gasteiger partial charge in [0.15, 0.2) is 10.9 Å². The van der Waals surface area contributed by atoms with E-state index >= 15 is 0 Å². The fourth-order valence-corrected chi connectivity index (χ4v) is 4.45. The van der Waals surface area contributed by atoms with Crippen molar-refractivity contribution in [2.24, 2.45) is 0 Å². The highest BCUT2D eigenvalue weighted by Gasteiger charge is 2.20. The largest absolute Gasteiger partial charge is 0.293 e. The molecule has 3 rings (SSSR count). The van der Waals surface area contributed by atoms with E-state index in [0.29, 0.717) is 27.3 Å². The van der Waals surface area contributed by atoms with Crippen molar-refractivity contribution in [2.75, 3.05) is 11.0 Å². The van der Waals surface area contributed by atoms with Gasteiger partial charge in [-0.1, -0.05) is 30.0 Å². The van der Waals surface area contributed by atoms with Gasteiger partial charge in [-0.3, -0.25) is 18.9 Å². The molecule has 0 fully saturated rings. The van der Waals surface area contributed by atoms with E-state index in [9.17, 15) is 18.0 Å². The molecule has 7 nitrogen and oxygen atoms in total. The molecule has 0 spiro atoms. The van der Waals surface area contributed by atoms with Crippen LogP contribution in [0.15, 0.2) is 71.1 Å². The van der Waals surface area contributed by atoms with Gasteiger partial charge in [-0.2, -0.15) is 0 Å². The Hall–Kier alpha value is -2.91. The molecule has 0 aliphatic carbocycles. The van der Waals surface area contributed by atoms with Crippen LogP contribution in [0.25, 0.3) is 10.9 Å². The minimum absolute atomic E-state index is 0.154. The molecular formula is C21H21N3O4S2. The summed E-state index contributed by atoms with van der Waals surface area (Å²) in [5, 5.41) is 0.439.